The van der Waals surface area contributed by atoms with Gasteiger partial charge in [-0.25, -0.2) is 9.97 Å². The molecule has 3 unspecified atom stereocenters. The molecule has 2 bridgehead atoms. The Morgan fingerprint density at radius 3 is 2.65 bits per heavy atom. The molecule has 2 fully saturated rings. The first kappa shape index (κ1) is 25.6. The number of aromatic nitrogens is 2. The van der Waals surface area contributed by atoms with E-state index in [0.717, 1.165) is 47.1 Å². The van der Waals surface area contributed by atoms with Crippen LogP contribution in [0.5, 0.6) is 0 Å². The van der Waals surface area contributed by atoms with Gasteiger partial charge in [0.1, 0.15) is 6.29 Å². The van der Waals surface area contributed by atoms with Crippen LogP contribution in [0.4, 0.5) is 5.82 Å². The summed E-state index contributed by atoms with van der Waals surface area (Å²) in [6.07, 6.45) is 12.5. The van der Waals surface area contributed by atoms with Crippen LogP contribution in [-0.4, -0.2) is 22.2 Å². The van der Waals surface area contributed by atoms with E-state index in [9.17, 15) is 9.59 Å². The van der Waals surface area contributed by atoms with Crippen molar-refractivity contribution >= 4 is 29.6 Å². The number of rotatable bonds is 8. The van der Waals surface area contributed by atoms with Crippen molar-refractivity contribution in [3.05, 3.63) is 76.6 Å². The molecule has 6 heteroatoms. The minimum atomic E-state index is -0.116. The van der Waals surface area contributed by atoms with Crippen molar-refractivity contribution in [2.75, 3.05) is 5.32 Å². The first-order valence-electron chi connectivity index (χ1n) is 13.4. The Kier molecular flexibility index (Phi) is 7.71. The molecule has 0 saturated heterocycles. The van der Waals surface area contributed by atoms with Crippen LogP contribution in [-0.2, 0) is 17.6 Å². The smallest absolute Gasteiger partial charge is 0.229 e. The Hall–Kier alpha value is -3.05. The Balaban J connectivity index is 1.44. The number of amides is 1. The van der Waals surface area contributed by atoms with Crippen LogP contribution in [0.15, 0.2) is 54.7 Å². The second-order valence-corrected chi connectivity index (χ2v) is 11.4. The van der Waals surface area contributed by atoms with Crippen molar-refractivity contribution in [3.8, 4) is 11.3 Å². The van der Waals surface area contributed by atoms with Crippen molar-refractivity contribution in [1.82, 2.24) is 9.97 Å². The van der Waals surface area contributed by atoms with Crippen LogP contribution in [0.3, 0.4) is 0 Å². The molecule has 1 aromatic heterocycles. The van der Waals surface area contributed by atoms with Gasteiger partial charge in [-0.3, -0.25) is 9.59 Å². The zero-order valence-corrected chi connectivity index (χ0v) is 22.1. The highest BCUT2D eigenvalue weighted by molar-refractivity contribution is 6.30. The lowest BCUT2D eigenvalue weighted by Crippen LogP contribution is -2.39. The zero-order valence-electron chi connectivity index (χ0n) is 21.4. The lowest BCUT2D eigenvalue weighted by Gasteiger charge is -2.48. The maximum Gasteiger partial charge on any atom is 0.229 e. The predicted molar refractivity (Wildman–Crippen MR) is 148 cm³/mol. The highest BCUT2D eigenvalue weighted by Crippen LogP contribution is 2.53. The van der Waals surface area contributed by atoms with Gasteiger partial charge >= 0.3 is 0 Å². The first-order chi connectivity index (χ1) is 17.9. The van der Waals surface area contributed by atoms with E-state index in [1.807, 2.05) is 24.3 Å². The molecule has 5 nitrogen and oxygen atoms in total. The molecule has 2 aliphatic rings. The van der Waals surface area contributed by atoms with Gasteiger partial charge in [-0.15, -0.1) is 0 Å². The summed E-state index contributed by atoms with van der Waals surface area (Å²) in [5, 5.41) is 3.71. The number of carbonyl (C=O) groups excluding carboxylic acids is 2. The highest BCUT2D eigenvalue weighted by atomic mass is 35.5. The normalized spacial score (nSPS) is 22.9. The first-order valence-corrected chi connectivity index (χ1v) is 13.8. The van der Waals surface area contributed by atoms with Gasteiger partial charge in [0.15, 0.2) is 5.82 Å². The molecule has 0 spiro atoms. The Bertz CT molecular complexity index is 1260. The number of anilines is 1. The van der Waals surface area contributed by atoms with E-state index in [-0.39, 0.29) is 17.7 Å². The van der Waals surface area contributed by atoms with Crippen LogP contribution in [0.2, 0.25) is 5.02 Å². The maximum absolute atomic E-state index is 13.0. The van der Waals surface area contributed by atoms with E-state index in [2.05, 4.69) is 12.2 Å². The highest BCUT2D eigenvalue weighted by Gasteiger charge is 2.43. The van der Waals surface area contributed by atoms with Crippen LogP contribution < -0.4 is 5.32 Å². The molecular weight excluding hydrogens is 482 g/mol. The monoisotopic (exact) mass is 515 g/mol. The maximum atomic E-state index is 13.0. The van der Waals surface area contributed by atoms with E-state index in [1.165, 1.54) is 44.9 Å². The molecule has 3 atom stereocenters. The van der Waals surface area contributed by atoms with Crippen LogP contribution in [0.25, 0.3) is 11.3 Å². The number of fused-ring (bicyclic) bond motifs is 2. The molecule has 2 aliphatic carbocycles. The zero-order chi connectivity index (χ0) is 25.8. The van der Waals surface area contributed by atoms with Gasteiger partial charge in [0.2, 0.25) is 5.91 Å². The summed E-state index contributed by atoms with van der Waals surface area (Å²) >= 11 is 6.00. The predicted octanol–water partition coefficient (Wildman–Crippen LogP) is 7.33. The van der Waals surface area contributed by atoms with E-state index in [0.29, 0.717) is 16.4 Å². The van der Waals surface area contributed by atoms with Crippen LogP contribution in [0.1, 0.15) is 73.5 Å². The van der Waals surface area contributed by atoms with Gasteiger partial charge in [0.25, 0.3) is 0 Å². The molecular formula is C31H34ClN3O2. The lowest BCUT2D eigenvalue weighted by atomic mass is 9.57. The van der Waals surface area contributed by atoms with Gasteiger partial charge < -0.3 is 5.32 Å². The topological polar surface area (TPSA) is 72.0 Å². The summed E-state index contributed by atoms with van der Waals surface area (Å²) in [4.78, 5) is 33.9. The Labute approximate surface area is 224 Å². The van der Waals surface area contributed by atoms with Crippen molar-refractivity contribution < 1.29 is 9.59 Å². The minimum absolute atomic E-state index is 0.116. The third kappa shape index (κ3) is 6.10. The number of nitrogens with one attached hydrogen (secondary N) is 1. The molecule has 192 valence electrons. The van der Waals surface area contributed by atoms with E-state index in [1.54, 1.807) is 30.5 Å². The third-order valence-electron chi connectivity index (χ3n) is 8.27. The van der Waals surface area contributed by atoms with Crippen molar-refractivity contribution in [3.63, 3.8) is 0 Å². The van der Waals surface area contributed by atoms with Gasteiger partial charge in [-0.05, 0) is 67.1 Å². The third-order valence-corrected chi connectivity index (χ3v) is 8.52. The largest absolute Gasteiger partial charge is 0.309 e. The number of nitrogens with zero attached hydrogens (tertiary/aromatic N) is 2. The second kappa shape index (κ2) is 11.1. The SMILES string of the molecule is CCC1CC2CCCC(Cc3nc(-c4ccc(C=O)cc4)cnc3NC(=O)Cc3ccc(Cl)cc3)(C1)C2. The second-order valence-electron chi connectivity index (χ2n) is 11.0. The van der Waals surface area contributed by atoms with Crippen LogP contribution >= 0.6 is 11.6 Å². The summed E-state index contributed by atoms with van der Waals surface area (Å²) in [5.74, 6) is 1.99. The molecule has 3 aromatic rings. The summed E-state index contributed by atoms with van der Waals surface area (Å²) < 4.78 is 0. The molecule has 37 heavy (non-hydrogen) atoms. The summed E-state index contributed by atoms with van der Waals surface area (Å²) in [6, 6.07) is 14.7. The number of hydrogen-bond acceptors (Lipinski definition) is 4. The number of aldehydes is 1. The van der Waals surface area contributed by atoms with Gasteiger partial charge in [0.05, 0.1) is 24.0 Å². The minimum Gasteiger partial charge on any atom is -0.309 e. The quantitative estimate of drug-likeness (QED) is 0.319. The summed E-state index contributed by atoms with van der Waals surface area (Å²) in [6.45, 7) is 2.31. The average Bonchev–Trinajstić information content (AvgIpc) is 2.90. The lowest BCUT2D eigenvalue weighted by molar-refractivity contribution is -0.115. The van der Waals surface area contributed by atoms with Crippen molar-refractivity contribution in [1.29, 1.82) is 0 Å². The van der Waals surface area contributed by atoms with Gasteiger partial charge in [0, 0.05) is 16.1 Å². The number of carbonyl (C=O) groups is 2. The number of benzene rings is 2. The van der Waals surface area contributed by atoms with E-state index >= 15 is 0 Å². The van der Waals surface area contributed by atoms with E-state index in [4.69, 9.17) is 21.6 Å². The molecule has 0 aliphatic heterocycles. The fourth-order valence-electron chi connectivity index (χ4n) is 6.53. The Morgan fingerprint density at radius 1 is 1.14 bits per heavy atom. The molecule has 0 radical (unpaired) electrons. The number of halogens is 1. The van der Waals surface area contributed by atoms with Gasteiger partial charge in [-0.1, -0.05) is 74.2 Å². The van der Waals surface area contributed by atoms with Crippen molar-refractivity contribution in [2.45, 2.75) is 64.7 Å². The standard InChI is InChI=1S/C31H34ClN3O2/c1-2-21-14-24-4-3-13-31(16-21,17-24)18-27-30(35-29(37)15-22-7-11-26(32)12-8-22)33-19-28(34-27)25-9-5-23(20-36)6-10-25/h5-12,19-21,24H,2-4,13-18H2,1H3,(H,33,35,37). The summed E-state index contributed by atoms with van der Waals surface area (Å²) in [5.41, 5.74) is 4.27. The molecule has 1 amide bonds. The molecule has 1 N–H and O–H groups in total. The van der Waals surface area contributed by atoms with Crippen LogP contribution in [0, 0.1) is 17.3 Å². The van der Waals surface area contributed by atoms with Crippen molar-refractivity contribution in [2.24, 2.45) is 17.3 Å². The molecule has 2 aromatic carbocycles. The Morgan fingerprint density at radius 2 is 1.92 bits per heavy atom. The fourth-order valence-corrected chi connectivity index (χ4v) is 6.65. The fraction of sp³-hybridized carbons (Fsp3) is 0.419. The van der Waals surface area contributed by atoms with E-state index < -0.39 is 0 Å². The molecule has 2 saturated carbocycles. The molecule has 1 heterocycles. The average molecular weight is 516 g/mol. The van der Waals surface area contributed by atoms with Gasteiger partial charge in [-0.2, -0.15) is 0 Å². The number of hydrogen-bond donors (Lipinski definition) is 1. The molecule has 5 rings (SSSR count). The summed E-state index contributed by atoms with van der Waals surface area (Å²) in [7, 11) is 0.